The quantitative estimate of drug-likeness (QED) is 0.656. The van der Waals surface area contributed by atoms with E-state index in [4.69, 9.17) is 11.6 Å². The number of halogens is 4. The number of amides is 1. The van der Waals surface area contributed by atoms with E-state index in [1.54, 1.807) is 12.1 Å². The zero-order valence-corrected chi connectivity index (χ0v) is 15.8. The van der Waals surface area contributed by atoms with Crippen molar-refractivity contribution in [2.75, 3.05) is 18.9 Å². The molecule has 0 aliphatic heterocycles. The summed E-state index contributed by atoms with van der Waals surface area (Å²) in [5.74, 6) is -0.220. The van der Waals surface area contributed by atoms with Crippen molar-refractivity contribution >= 4 is 34.4 Å². The first-order valence-electron chi connectivity index (χ1n) is 8.42. The van der Waals surface area contributed by atoms with Gasteiger partial charge in [-0.25, -0.2) is 14.3 Å². The molecule has 0 spiro atoms. The third-order valence-corrected chi connectivity index (χ3v) is 4.37. The van der Waals surface area contributed by atoms with E-state index in [9.17, 15) is 22.8 Å². The zero-order valence-electron chi connectivity index (χ0n) is 15.0. The second-order valence-electron chi connectivity index (χ2n) is 5.95. The Bertz CT molecular complexity index is 1130. The summed E-state index contributed by atoms with van der Waals surface area (Å²) >= 11 is 6.14. The molecule has 2 N–H and O–H groups in total. The molecule has 0 fully saturated rings. The second-order valence-corrected chi connectivity index (χ2v) is 6.35. The van der Waals surface area contributed by atoms with Gasteiger partial charge < -0.3 is 10.6 Å². The molecule has 3 aromatic rings. The van der Waals surface area contributed by atoms with Crippen LogP contribution in [0.3, 0.4) is 0 Å². The van der Waals surface area contributed by atoms with Crippen LogP contribution in [0.15, 0.2) is 41.2 Å². The summed E-state index contributed by atoms with van der Waals surface area (Å²) in [5.41, 5.74) is -2.12. The molecule has 0 aliphatic rings. The lowest BCUT2D eigenvalue weighted by atomic mass is 10.2. The largest absolute Gasteiger partial charge is 0.433 e. The van der Waals surface area contributed by atoms with E-state index in [-0.39, 0.29) is 46.4 Å². The highest BCUT2D eigenvalue weighted by molar-refractivity contribution is 6.32. The number of carbonyl (C=O) groups excluding carboxylic acids is 1. The number of alkyl halides is 3. The fourth-order valence-corrected chi connectivity index (χ4v) is 2.88. The van der Waals surface area contributed by atoms with Crippen LogP contribution in [0.2, 0.25) is 5.02 Å². The normalized spacial score (nSPS) is 11.5. The Morgan fingerprint density at radius 2 is 1.90 bits per heavy atom. The molecule has 1 amide bonds. The summed E-state index contributed by atoms with van der Waals surface area (Å²) in [5, 5.41) is 5.57. The number of aromatic nitrogens is 3. The van der Waals surface area contributed by atoms with Gasteiger partial charge in [0.2, 0.25) is 5.91 Å². The summed E-state index contributed by atoms with van der Waals surface area (Å²) in [6, 6.07) is 8.16. The van der Waals surface area contributed by atoms with Crippen LogP contribution in [-0.4, -0.2) is 34.0 Å². The van der Waals surface area contributed by atoms with Gasteiger partial charge in [-0.05, 0) is 24.3 Å². The monoisotopic (exact) mass is 425 g/mol. The number of nitrogens with zero attached hydrogens (tertiary/aromatic N) is 3. The van der Waals surface area contributed by atoms with Gasteiger partial charge in [-0.1, -0.05) is 23.7 Å². The van der Waals surface area contributed by atoms with E-state index in [2.05, 4.69) is 20.6 Å². The minimum absolute atomic E-state index is 0.0263. The van der Waals surface area contributed by atoms with E-state index >= 15 is 0 Å². The Morgan fingerprint density at radius 1 is 1.17 bits per heavy atom. The Balaban J connectivity index is 2.21. The molecule has 7 nitrogen and oxygen atoms in total. The SMILES string of the molecule is CNC(=O)CCNc1nc(=O)n(-c2ccccc2Cl)c2nc(C(F)(F)F)ccc12. The fraction of sp³-hybridized carbons (Fsp3) is 0.222. The molecule has 0 radical (unpaired) electrons. The lowest BCUT2D eigenvalue weighted by Gasteiger charge is -2.15. The van der Waals surface area contributed by atoms with E-state index in [0.29, 0.717) is 0 Å². The summed E-state index contributed by atoms with van der Waals surface area (Å²) in [6.45, 7) is 0.123. The third-order valence-electron chi connectivity index (χ3n) is 4.05. The van der Waals surface area contributed by atoms with Crippen molar-refractivity contribution in [3.05, 3.63) is 57.6 Å². The number of carbonyl (C=O) groups is 1. The van der Waals surface area contributed by atoms with E-state index < -0.39 is 17.6 Å². The van der Waals surface area contributed by atoms with Crippen molar-refractivity contribution in [3.63, 3.8) is 0 Å². The van der Waals surface area contributed by atoms with Crippen LogP contribution in [0.4, 0.5) is 19.0 Å². The van der Waals surface area contributed by atoms with Crippen LogP contribution in [-0.2, 0) is 11.0 Å². The molecule has 3 rings (SSSR count). The highest BCUT2D eigenvalue weighted by Crippen LogP contribution is 2.31. The van der Waals surface area contributed by atoms with E-state index in [1.165, 1.54) is 25.2 Å². The van der Waals surface area contributed by atoms with Gasteiger partial charge in [0.1, 0.15) is 11.5 Å². The van der Waals surface area contributed by atoms with Gasteiger partial charge in [-0.15, -0.1) is 0 Å². The van der Waals surface area contributed by atoms with Crippen molar-refractivity contribution in [2.45, 2.75) is 12.6 Å². The molecule has 1 aromatic carbocycles. The molecule has 0 saturated carbocycles. The van der Waals surface area contributed by atoms with Crippen molar-refractivity contribution < 1.29 is 18.0 Å². The molecule has 0 aliphatic carbocycles. The molecular formula is C18H15ClF3N5O2. The number of anilines is 1. The van der Waals surface area contributed by atoms with Crippen LogP contribution in [0.5, 0.6) is 0 Å². The zero-order chi connectivity index (χ0) is 21.2. The van der Waals surface area contributed by atoms with Crippen molar-refractivity contribution in [1.82, 2.24) is 19.9 Å². The molecule has 0 atom stereocenters. The maximum atomic E-state index is 13.2. The lowest BCUT2D eigenvalue weighted by Crippen LogP contribution is -2.26. The maximum absolute atomic E-state index is 13.2. The first-order valence-corrected chi connectivity index (χ1v) is 8.80. The predicted octanol–water partition coefficient (Wildman–Crippen LogP) is 3.00. The number of fused-ring (bicyclic) bond motifs is 1. The number of benzene rings is 1. The lowest BCUT2D eigenvalue weighted by molar-refractivity contribution is -0.141. The van der Waals surface area contributed by atoms with Crippen LogP contribution < -0.4 is 16.3 Å². The first kappa shape index (κ1) is 20.6. The van der Waals surface area contributed by atoms with Gasteiger partial charge in [0.15, 0.2) is 5.65 Å². The number of para-hydroxylation sites is 1. The van der Waals surface area contributed by atoms with Gasteiger partial charge in [-0.3, -0.25) is 4.79 Å². The number of nitrogens with one attached hydrogen (secondary N) is 2. The van der Waals surface area contributed by atoms with Crippen LogP contribution in [0.25, 0.3) is 16.7 Å². The van der Waals surface area contributed by atoms with Gasteiger partial charge >= 0.3 is 11.9 Å². The van der Waals surface area contributed by atoms with Crippen molar-refractivity contribution in [3.8, 4) is 5.69 Å². The molecule has 0 bridgehead atoms. The third kappa shape index (κ3) is 4.32. The Hall–Kier alpha value is -3.14. The molecule has 0 saturated heterocycles. The van der Waals surface area contributed by atoms with Gasteiger partial charge in [-0.2, -0.15) is 18.2 Å². The van der Waals surface area contributed by atoms with Crippen LogP contribution >= 0.6 is 11.6 Å². The molecule has 29 heavy (non-hydrogen) atoms. The van der Waals surface area contributed by atoms with Crippen molar-refractivity contribution in [1.29, 1.82) is 0 Å². The number of rotatable bonds is 5. The maximum Gasteiger partial charge on any atom is 0.433 e. The minimum atomic E-state index is -4.70. The molecule has 11 heteroatoms. The summed E-state index contributed by atoms with van der Waals surface area (Å²) < 4.78 is 40.6. The molecule has 152 valence electrons. The number of hydrogen-bond donors (Lipinski definition) is 2. The first-order chi connectivity index (χ1) is 13.7. The van der Waals surface area contributed by atoms with Crippen LogP contribution in [0, 0.1) is 0 Å². The smallest absolute Gasteiger partial charge is 0.369 e. The highest BCUT2D eigenvalue weighted by Gasteiger charge is 2.33. The molecular weight excluding hydrogens is 411 g/mol. The average molecular weight is 426 g/mol. The molecule has 2 aromatic heterocycles. The Kier molecular flexibility index (Phi) is 5.73. The second kappa shape index (κ2) is 8.08. The highest BCUT2D eigenvalue weighted by atomic mass is 35.5. The molecule has 2 heterocycles. The summed E-state index contributed by atoms with van der Waals surface area (Å²) in [4.78, 5) is 31.6. The average Bonchev–Trinajstić information content (AvgIpc) is 2.67. The summed E-state index contributed by atoms with van der Waals surface area (Å²) in [7, 11) is 1.48. The Labute approximate surface area is 167 Å². The summed E-state index contributed by atoms with van der Waals surface area (Å²) in [6.07, 6.45) is -4.62. The van der Waals surface area contributed by atoms with Crippen LogP contribution in [0.1, 0.15) is 12.1 Å². The topological polar surface area (TPSA) is 88.9 Å². The Morgan fingerprint density at radius 3 is 2.55 bits per heavy atom. The van der Waals surface area contributed by atoms with Gasteiger partial charge in [0.25, 0.3) is 0 Å². The number of pyridine rings is 1. The standard InChI is InChI=1S/C18H15ClF3N5O2/c1-23-14(28)8-9-24-15-10-6-7-13(18(20,21)22)25-16(10)27(17(29)26-15)12-5-3-2-4-11(12)19/h2-7H,8-9H2,1H3,(H,23,28)(H,24,26,29). The van der Waals surface area contributed by atoms with Gasteiger partial charge in [0.05, 0.1) is 16.1 Å². The predicted molar refractivity (Wildman–Crippen MR) is 102 cm³/mol. The van der Waals surface area contributed by atoms with Gasteiger partial charge in [0, 0.05) is 20.0 Å². The number of hydrogen-bond acceptors (Lipinski definition) is 5. The van der Waals surface area contributed by atoms with E-state index in [1.807, 2.05) is 0 Å². The molecule has 0 unspecified atom stereocenters. The van der Waals surface area contributed by atoms with E-state index in [0.717, 1.165) is 10.6 Å². The van der Waals surface area contributed by atoms with Crippen molar-refractivity contribution in [2.24, 2.45) is 0 Å². The minimum Gasteiger partial charge on any atom is -0.369 e. The fourth-order valence-electron chi connectivity index (χ4n) is 2.66.